The van der Waals surface area contributed by atoms with Gasteiger partial charge in [0.2, 0.25) is 0 Å². The molecule has 0 spiro atoms. The molecule has 0 saturated carbocycles. The Balaban J connectivity index is 2.68. The van der Waals surface area contributed by atoms with E-state index in [1.54, 1.807) is 0 Å². The van der Waals surface area contributed by atoms with Crippen LogP contribution in [0.4, 0.5) is 0 Å². The highest BCUT2D eigenvalue weighted by Gasteiger charge is 2.18. The van der Waals surface area contributed by atoms with E-state index >= 15 is 0 Å². The van der Waals surface area contributed by atoms with Gasteiger partial charge in [-0.05, 0) is 54.2 Å². The van der Waals surface area contributed by atoms with Gasteiger partial charge < -0.3 is 9.84 Å². The Morgan fingerprint density at radius 3 is 1.95 bits per heavy atom. The van der Waals surface area contributed by atoms with Gasteiger partial charge in [-0.25, -0.2) is 0 Å². The zero-order valence-electron chi connectivity index (χ0n) is 15.1. The van der Waals surface area contributed by atoms with E-state index in [4.69, 9.17) is 9.84 Å². The van der Waals surface area contributed by atoms with Crippen LogP contribution in [0.3, 0.4) is 0 Å². The molecule has 1 aromatic rings. The minimum atomic E-state index is 0.107. The highest BCUT2D eigenvalue weighted by atomic mass is 16.5. The van der Waals surface area contributed by atoms with E-state index in [1.165, 1.54) is 16.7 Å². The Bertz CT molecular complexity index is 403. The molecule has 2 unspecified atom stereocenters. The van der Waals surface area contributed by atoms with Crippen molar-refractivity contribution in [2.75, 3.05) is 13.2 Å². The Kier molecular flexibility index (Phi) is 8.74. The number of ether oxygens (including phenoxy) is 1. The lowest BCUT2D eigenvalue weighted by Gasteiger charge is -2.25. The minimum absolute atomic E-state index is 0.107. The molecule has 0 bridgehead atoms. The summed E-state index contributed by atoms with van der Waals surface area (Å²) in [5.74, 6) is 1.07. The van der Waals surface area contributed by atoms with Gasteiger partial charge in [-0.3, -0.25) is 0 Å². The number of rotatable bonds is 10. The number of aliphatic hydroxyl groups excluding tert-OH is 1. The summed E-state index contributed by atoms with van der Waals surface area (Å²) in [6, 6.07) is 7.04. The van der Waals surface area contributed by atoms with E-state index in [0.717, 1.165) is 25.7 Å². The molecule has 126 valence electrons. The van der Waals surface area contributed by atoms with Gasteiger partial charge in [0.1, 0.15) is 0 Å². The first-order valence-electron chi connectivity index (χ1n) is 8.84. The van der Waals surface area contributed by atoms with Gasteiger partial charge in [0.15, 0.2) is 0 Å². The minimum Gasteiger partial charge on any atom is -0.394 e. The van der Waals surface area contributed by atoms with Crippen molar-refractivity contribution in [1.29, 1.82) is 0 Å². The second-order valence-electron chi connectivity index (χ2n) is 6.79. The van der Waals surface area contributed by atoms with Crippen molar-refractivity contribution in [3.8, 4) is 0 Å². The third kappa shape index (κ3) is 6.50. The van der Waals surface area contributed by atoms with Crippen LogP contribution in [0.5, 0.6) is 0 Å². The molecule has 0 aromatic heterocycles. The fourth-order valence-electron chi connectivity index (χ4n) is 2.98. The molecule has 0 fully saturated rings. The van der Waals surface area contributed by atoms with Gasteiger partial charge >= 0.3 is 0 Å². The van der Waals surface area contributed by atoms with Crippen molar-refractivity contribution >= 4 is 0 Å². The van der Waals surface area contributed by atoms with E-state index in [-0.39, 0.29) is 12.7 Å². The highest BCUT2D eigenvalue weighted by molar-refractivity contribution is 5.30. The summed E-state index contributed by atoms with van der Waals surface area (Å²) in [6.45, 7) is 11.7. The molecule has 0 saturated heterocycles. The van der Waals surface area contributed by atoms with Crippen LogP contribution in [0.25, 0.3) is 0 Å². The summed E-state index contributed by atoms with van der Waals surface area (Å²) in [5, 5.41) is 8.96. The van der Waals surface area contributed by atoms with E-state index in [9.17, 15) is 0 Å². The van der Waals surface area contributed by atoms with Crippen molar-refractivity contribution in [2.24, 2.45) is 11.8 Å². The number of hydrogen-bond acceptors (Lipinski definition) is 2. The average Bonchev–Trinajstić information content (AvgIpc) is 2.50. The van der Waals surface area contributed by atoms with E-state index < -0.39 is 0 Å². The Labute approximate surface area is 136 Å². The maximum Gasteiger partial charge on any atom is 0.0701 e. The lowest BCUT2D eigenvalue weighted by Crippen LogP contribution is -2.24. The van der Waals surface area contributed by atoms with Gasteiger partial charge in [0.25, 0.3) is 0 Å². The van der Waals surface area contributed by atoms with Crippen molar-refractivity contribution in [2.45, 2.75) is 66.4 Å². The standard InChI is InChI=1S/C20H34O2/c1-6-17-12-18(7-2)14-19(13-17)10-16(5)11-20(15(3)4)22-9-8-21/h12-16,20-21H,6-11H2,1-5H3. The summed E-state index contributed by atoms with van der Waals surface area (Å²) >= 11 is 0. The van der Waals surface area contributed by atoms with E-state index in [0.29, 0.717) is 18.4 Å². The molecule has 0 aliphatic heterocycles. The van der Waals surface area contributed by atoms with Gasteiger partial charge in [-0.2, -0.15) is 0 Å². The van der Waals surface area contributed by atoms with E-state index in [2.05, 4.69) is 52.8 Å². The van der Waals surface area contributed by atoms with Crippen LogP contribution in [0.2, 0.25) is 0 Å². The second-order valence-corrected chi connectivity index (χ2v) is 6.79. The van der Waals surface area contributed by atoms with Crippen molar-refractivity contribution in [1.82, 2.24) is 0 Å². The van der Waals surface area contributed by atoms with Gasteiger partial charge in [-0.1, -0.05) is 52.8 Å². The molecule has 2 atom stereocenters. The SMILES string of the molecule is CCc1cc(CC)cc(CC(C)CC(OCCO)C(C)C)c1. The van der Waals surface area contributed by atoms with Crippen LogP contribution in [0.15, 0.2) is 18.2 Å². The normalized spacial score (nSPS) is 14.3. The summed E-state index contributed by atoms with van der Waals surface area (Å²) in [7, 11) is 0. The van der Waals surface area contributed by atoms with Crippen molar-refractivity contribution in [3.05, 3.63) is 34.9 Å². The van der Waals surface area contributed by atoms with Crippen LogP contribution in [0.1, 0.15) is 57.7 Å². The summed E-state index contributed by atoms with van der Waals surface area (Å²) < 4.78 is 5.80. The van der Waals surface area contributed by atoms with E-state index in [1.807, 2.05) is 0 Å². The molecular formula is C20H34O2. The number of hydrogen-bond donors (Lipinski definition) is 1. The predicted octanol–water partition coefficient (Wildman–Crippen LogP) is 4.41. The quantitative estimate of drug-likeness (QED) is 0.693. The molecule has 1 aromatic carbocycles. The lowest BCUT2D eigenvalue weighted by atomic mass is 9.89. The fourth-order valence-corrected chi connectivity index (χ4v) is 2.98. The van der Waals surface area contributed by atoms with Gasteiger partial charge in [0, 0.05) is 0 Å². The Morgan fingerprint density at radius 1 is 0.955 bits per heavy atom. The average molecular weight is 306 g/mol. The summed E-state index contributed by atoms with van der Waals surface area (Å²) in [5.41, 5.74) is 4.34. The maximum atomic E-state index is 8.96. The smallest absolute Gasteiger partial charge is 0.0701 e. The number of aryl methyl sites for hydroxylation is 2. The molecule has 2 nitrogen and oxygen atoms in total. The topological polar surface area (TPSA) is 29.5 Å². The van der Waals surface area contributed by atoms with Crippen LogP contribution in [-0.2, 0) is 24.0 Å². The highest BCUT2D eigenvalue weighted by Crippen LogP contribution is 2.22. The van der Waals surface area contributed by atoms with Crippen LogP contribution in [0, 0.1) is 11.8 Å². The summed E-state index contributed by atoms with van der Waals surface area (Å²) in [4.78, 5) is 0. The molecule has 1 N–H and O–H groups in total. The molecule has 1 rings (SSSR count). The monoisotopic (exact) mass is 306 g/mol. The van der Waals surface area contributed by atoms with Crippen LogP contribution < -0.4 is 0 Å². The molecule has 0 heterocycles. The van der Waals surface area contributed by atoms with Crippen molar-refractivity contribution in [3.63, 3.8) is 0 Å². The third-order valence-corrected chi connectivity index (χ3v) is 4.31. The van der Waals surface area contributed by atoms with Crippen LogP contribution >= 0.6 is 0 Å². The summed E-state index contributed by atoms with van der Waals surface area (Å²) in [6.07, 6.45) is 4.59. The Morgan fingerprint density at radius 2 is 1.50 bits per heavy atom. The lowest BCUT2D eigenvalue weighted by molar-refractivity contribution is -0.00911. The first kappa shape index (κ1) is 19.2. The predicted molar refractivity (Wildman–Crippen MR) is 94.3 cm³/mol. The molecule has 0 aliphatic rings. The fraction of sp³-hybridized carbons (Fsp3) is 0.700. The first-order chi connectivity index (χ1) is 10.5. The first-order valence-corrected chi connectivity index (χ1v) is 8.84. The molecule has 0 aliphatic carbocycles. The Hall–Kier alpha value is -0.860. The van der Waals surface area contributed by atoms with Gasteiger partial charge in [0.05, 0.1) is 19.3 Å². The molecule has 2 heteroatoms. The van der Waals surface area contributed by atoms with Gasteiger partial charge in [-0.15, -0.1) is 0 Å². The molecule has 0 amide bonds. The molecular weight excluding hydrogens is 272 g/mol. The second kappa shape index (κ2) is 10.0. The molecule has 22 heavy (non-hydrogen) atoms. The number of benzene rings is 1. The zero-order chi connectivity index (χ0) is 16.5. The van der Waals surface area contributed by atoms with Crippen LogP contribution in [-0.4, -0.2) is 24.4 Å². The van der Waals surface area contributed by atoms with Crippen molar-refractivity contribution < 1.29 is 9.84 Å². The maximum absolute atomic E-state index is 8.96. The number of aliphatic hydroxyl groups is 1. The third-order valence-electron chi connectivity index (χ3n) is 4.31. The zero-order valence-corrected chi connectivity index (χ0v) is 15.1. The molecule has 0 radical (unpaired) electrons. The largest absolute Gasteiger partial charge is 0.394 e.